The van der Waals surface area contributed by atoms with E-state index in [0.29, 0.717) is 29.5 Å². The normalized spacial score (nSPS) is 20.4. The van der Waals surface area contributed by atoms with Gasteiger partial charge in [0.05, 0.1) is 10.7 Å². The highest BCUT2D eigenvalue weighted by Gasteiger charge is 2.35. The van der Waals surface area contributed by atoms with Crippen LogP contribution >= 0.6 is 24.0 Å². The van der Waals surface area contributed by atoms with Gasteiger partial charge in [0.1, 0.15) is 5.69 Å². The Balaban J connectivity index is 0.00000192. The summed E-state index contributed by atoms with van der Waals surface area (Å²) in [5.41, 5.74) is 7.78. The van der Waals surface area contributed by atoms with Crippen LogP contribution in [-0.2, 0) is 0 Å². The van der Waals surface area contributed by atoms with Gasteiger partial charge < -0.3 is 10.6 Å². The number of carbonyl (C=O) groups is 1. The molecular weight excluding hydrogens is 335 g/mol. The first-order valence-electron chi connectivity index (χ1n) is 7.32. The minimum Gasteiger partial charge on any atom is -0.337 e. The van der Waals surface area contributed by atoms with Crippen LogP contribution in [0.4, 0.5) is 0 Å². The van der Waals surface area contributed by atoms with Gasteiger partial charge in [-0.05, 0) is 30.5 Å². The molecule has 124 valence electrons. The molecule has 1 unspecified atom stereocenters. The first kappa shape index (κ1) is 17.8. The fraction of sp³-hybridized carbons (Fsp3) is 0.375. The Labute approximate surface area is 146 Å². The van der Waals surface area contributed by atoms with Gasteiger partial charge in [-0.1, -0.05) is 36.7 Å². The molecule has 3 rings (SSSR count). The Hall–Kier alpha value is -1.56. The Morgan fingerprint density at radius 2 is 2.22 bits per heavy atom. The quantitative estimate of drug-likeness (QED) is 0.889. The lowest BCUT2D eigenvalue weighted by Gasteiger charge is -2.22. The Bertz CT molecular complexity index is 703. The number of nitrogens with two attached hydrogens (primary N) is 1. The van der Waals surface area contributed by atoms with Crippen molar-refractivity contribution in [2.75, 3.05) is 19.6 Å². The fourth-order valence-electron chi connectivity index (χ4n) is 2.77. The maximum atomic E-state index is 12.6. The molecule has 1 saturated heterocycles. The average Bonchev–Trinajstić information content (AvgIpc) is 3.15. The summed E-state index contributed by atoms with van der Waals surface area (Å²) in [6.07, 6.45) is 0.931. The number of amides is 1. The van der Waals surface area contributed by atoms with Crippen molar-refractivity contribution >= 4 is 29.9 Å². The van der Waals surface area contributed by atoms with Crippen molar-refractivity contribution in [2.24, 2.45) is 11.1 Å². The molecule has 0 aliphatic carbocycles. The first-order valence-corrected chi connectivity index (χ1v) is 7.70. The molecule has 5 nitrogen and oxygen atoms in total. The Kier molecular flexibility index (Phi) is 5.34. The van der Waals surface area contributed by atoms with Gasteiger partial charge in [0.25, 0.3) is 5.91 Å². The summed E-state index contributed by atoms with van der Waals surface area (Å²) in [4.78, 5) is 14.4. The van der Waals surface area contributed by atoms with E-state index in [0.717, 1.165) is 18.5 Å². The van der Waals surface area contributed by atoms with Gasteiger partial charge >= 0.3 is 0 Å². The third-order valence-corrected chi connectivity index (χ3v) is 4.63. The topological polar surface area (TPSA) is 75.0 Å². The van der Waals surface area contributed by atoms with Crippen LogP contribution in [0.25, 0.3) is 11.3 Å². The third kappa shape index (κ3) is 3.52. The van der Waals surface area contributed by atoms with Crippen molar-refractivity contribution in [3.05, 3.63) is 41.0 Å². The maximum Gasteiger partial charge on any atom is 0.271 e. The lowest BCUT2D eigenvalue weighted by Crippen LogP contribution is -2.34. The molecule has 0 saturated carbocycles. The van der Waals surface area contributed by atoms with Gasteiger partial charge in [-0.2, -0.15) is 5.10 Å². The molecule has 2 heterocycles. The zero-order chi connectivity index (χ0) is 15.7. The summed E-state index contributed by atoms with van der Waals surface area (Å²) >= 11 is 6.17. The molecule has 0 bridgehead atoms. The molecule has 1 aromatic heterocycles. The molecule has 2 aromatic rings. The van der Waals surface area contributed by atoms with E-state index >= 15 is 0 Å². The second-order valence-corrected chi connectivity index (χ2v) is 6.55. The number of aromatic nitrogens is 2. The van der Waals surface area contributed by atoms with Gasteiger partial charge in [-0.15, -0.1) is 12.4 Å². The van der Waals surface area contributed by atoms with Crippen molar-refractivity contribution in [3.8, 4) is 11.3 Å². The van der Waals surface area contributed by atoms with Crippen molar-refractivity contribution in [3.63, 3.8) is 0 Å². The highest BCUT2D eigenvalue weighted by atomic mass is 35.5. The smallest absolute Gasteiger partial charge is 0.271 e. The summed E-state index contributed by atoms with van der Waals surface area (Å²) in [5.74, 6) is -0.0389. The summed E-state index contributed by atoms with van der Waals surface area (Å²) in [5, 5.41) is 7.65. The monoisotopic (exact) mass is 354 g/mol. The number of H-pyrrole nitrogens is 1. The fourth-order valence-corrected chi connectivity index (χ4v) is 3.00. The van der Waals surface area contributed by atoms with Crippen LogP contribution in [0.15, 0.2) is 30.3 Å². The molecule has 7 heteroatoms. The van der Waals surface area contributed by atoms with Gasteiger partial charge in [-0.25, -0.2) is 0 Å². The number of halogens is 2. The number of hydrogen-bond donors (Lipinski definition) is 2. The summed E-state index contributed by atoms with van der Waals surface area (Å²) < 4.78 is 0. The molecule has 3 N–H and O–H groups in total. The number of likely N-dealkylation sites (tertiary alicyclic amines) is 1. The lowest BCUT2D eigenvalue weighted by atomic mass is 9.90. The minimum atomic E-state index is -0.0389. The van der Waals surface area contributed by atoms with E-state index in [4.69, 9.17) is 17.3 Å². The summed E-state index contributed by atoms with van der Waals surface area (Å²) in [6, 6.07) is 9.20. The second-order valence-electron chi connectivity index (χ2n) is 6.14. The van der Waals surface area contributed by atoms with E-state index in [1.807, 2.05) is 23.1 Å². The van der Waals surface area contributed by atoms with Gasteiger partial charge in [0, 0.05) is 18.7 Å². The molecule has 23 heavy (non-hydrogen) atoms. The van der Waals surface area contributed by atoms with E-state index in [9.17, 15) is 4.79 Å². The number of nitrogens with one attached hydrogen (secondary N) is 1. The van der Waals surface area contributed by atoms with E-state index in [2.05, 4.69) is 17.1 Å². The van der Waals surface area contributed by atoms with Crippen molar-refractivity contribution in [2.45, 2.75) is 13.3 Å². The number of aromatic amines is 1. The molecule has 1 fully saturated rings. The molecule has 0 spiro atoms. The van der Waals surface area contributed by atoms with Crippen LogP contribution in [0.2, 0.25) is 5.02 Å². The van der Waals surface area contributed by atoms with E-state index in [-0.39, 0.29) is 23.7 Å². The van der Waals surface area contributed by atoms with Gasteiger partial charge in [0.2, 0.25) is 0 Å². The van der Waals surface area contributed by atoms with Crippen LogP contribution in [0.5, 0.6) is 0 Å². The standard InChI is InChI=1S/C16H19ClN4O.ClH/c1-16(9-18)6-7-21(10-16)15(22)14-8-13(19-20-14)11-4-2-3-5-12(11)17;/h2-5,8H,6-7,9-10,18H2,1H3,(H,19,20);1H. The zero-order valence-electron chi connectivity index (χ0n) is 12.9. The highest BCUT2D eigenvalue weighted by Crippen LogP contribution is 2.30. The Morgan fingerprint density at radius 3 is 2.87 bits per heavy atom. The first-order chi connectivity index (χ1) is 10.5. The van der Waals surface area contributed by atoms with Crippen LogP contribution in [0, 0.1) is 5.41 Å². The number of benzene rings is 1. The predicted octanol–water partition coefficient (Wildman–Crippen LogP) is 2.96. The van der Waals surface area contributed by atoms with Crippen molar-refractivity contribution in [1.29, 1.82) is 0 Å². The molecular formula is C16H20Cl2N4O. The minimum absolute atomic E-state index is 0. The zero-order valence-corrected chi connectivity index (χ0v) is 14.5. The molecule has 1 amide bonds. The van der Waals surface area contributed by atoms with E-state index < -0.39 is 0 Å². The van der Waals surface area contributed by atoms with Crippen LogP contribution in [-0.4, -0.2) is 40.6 Å². The maximum absolute atomic E-state index is 12.6. The van der Waals surface area contributed by atoms with Gasteiger partial charge in [-0.3, -0.25) is 9.89 Å². The average molecular weight is 355 g/mol. The summed E-state index contributed by atoms with van der Waals surface area (Å²) in [7, 11) is 0. The molecule has 1 aliphatic rings. The predicted molar refractivity (Wildman–Crippen MR) is 94.0 cm³/mol. The van der Waals surface area contributed by atoms with Crippen molar-refractivity contribution in [1.82, 2.24) is 15.1 Å². The largest absolute Gasteiger partial charge is 0.337 e. The lowest BCUT2D eigenvalue weighted by molar-refractivity contribution is 0.0771. The van der Waals surface area contributed by atoms with Gasteiger partial charge in [0.15, 0.2) is 0 Å². The Morgan fingerprint density at radius 1 is 1.48 bits per heavy atom. The van der Waals surface area contributed by atoms with Crippen LogP contribution in [0.1, 0.15) is 23.8 Å². The number of nitrogens with zero attached hydrogens (tertiary/aromatic N) is 2. The van der Waals surface area contributed by atoms with E-state index in [1.165, 1.54) is 0 Å². The van der Waals surface area contributed by atoms with Crippen LogP contribution in [0.3, 0.4) is 0 Å². The molecule has 1 aliphatic heterocycles. The SMILES string of the molecule is CC1(CN)CCN(C(=O)c2cc(-c3ccccc3Cl)n[nH]2)C1.Cl. The summed E-state index contributed by atoms with van der Waals surface area (Å²) in [6.45, 7) is 4.11. The third-order valence-electron chi connectivity index (χ3n) is 4.30. The molecule has 1 aromatic carbocycles. The van der Waals surface area contributed by atoms with Crippen LogP contribution < -0.4 is 5.73 Å². The molecule has 1 atom stereocenters. The highest BCUT2D eigenvalue weighted by molar-refractivity contribution is 6.33. The second kappa shape index (κ2) is 6.91. The number of hydrogen-bond acceptors (Lipinski definition) is 3. The van der Waals surface area contributed by atoms with Crippen molar-refractivity contribution < 1.29 is 4.79 Å². The number of carbonyl (C=O) groups excluding carboxylic acids is 1. The van der Waals surface area contributed by atoms with E-state index in [1.54, 1.807) is 12.1 Å². The molecule has 0 radical (unpaired) electrons. The number of rotatable bonds is 3.